The van der Waals surface area contributed by atoms with Gasteiger partial charge in [0.25, 0.3) is 0 Å². The number of rotatable bonds is 3. The van der Waals surface area contributed by atoms with Crippen LogP contribution in [-0.4, -0.2) is 24.8 Å². The van der Waals surface area contributed by atoms with Gasteiger partial charge in [0.15, 0.2) is 11.5 Å². The second-order valence-corrected chi connectivity index (χ2v) is 6.85. The fourth-order valence-electron chi connectivity index (χ4n) is 3.44. The van der Waals surface area contributed by atoms with Gasteiger partial charge in [0.05, 0.1) is 11.2 Å². The molecule has 1 atom stereocenters. The summed E-state index contributed by atoms with van der Waals surface area (Å²) in [5, 5.41) is 14.6. The van der Waals surface area contributed by atoms with Gasteiger partial charge in [0.1, 0.15) is 0 Å². The molecular weight excluding hydrogens is 348 g/mol. The van der Waals surface area contributed by atoms with Crippen molar-refractivity contribution in [3.63, 3.8) is 0 Å². The highest BCUT2D eigenvalue weighted by Gasteiger charge is 2.17. The van der Waals surface area contributed by atoms with Crippen LogP contribution in [0.5, 0.6) is 0 Å². The van der Waals surface area contributed by atoms with Crippen molar-refractivity contribution >= 4 is 22.2 Å². The minimum atomic E-state index is 0.0307. The van der Waals surface area contributed by atoms with E-state index >= 15 is 0 Å². The third-order valence-corrected chi connectivity index (χ3v) is 4.98. The third kappa shape index (κ3) is 2.75. The second kappa shape index (κ2) is 6.42. The summed E-state index contributed by atoms with van der Waals surface area (Å²) in [4.78, 5) is 4.39. The maximum atomic E-state index is 5.92. The van der Waals surface area contributed by atoms with Crippen LogP contribution in [0, 0.1) is 0 Å². The summed E-state index contributed by atoms with van der Waals surface area (Å²) in [5.41, 5.74) is 11.3. The minimum Gasteiger partial charge on any atom is -0.399 e. The molecule has 1 unspecified atom stereocenters. The molecule has 5 aromatic rings. The molecule has 0 aliphatic heterocycles. The van der Waals surface area contributed by atoms with E-state index in [0.29, 0.717) is 5.69 Å². The van der Waals surface area contributed by atoms with E-state index in [9.17, 15) is 0 Å². The van der Waals surface area contributed by atoms with E-state index in [4.69, 9.17) is 10.8 Å². The van der Waals surface area contributed by atoms with Gasteiger partial charge in [-0.3, -0.25) is 4.98 Å². The molecule has 3 aromatic heterocycles. The Balaban J connectivity index is 1.60. The fourth-order valence-corrected chi connectivity index (χ4v) is 3.44. The van der Waals surface area contributed by atoms with Gasteiger partial charge in [-0.2, -0.15) is 9.61 Å². The summed E-state index contributed by atoms with van der Waals surface area (Å²) < 4.78 is 1.82. The van der Waals surface area contributed by atoms with Crippen LogP contribution in [0.3, 0.4) is 0 Å². The van der Waals surface area contributed by atoms with Gasteiger partial charge < -0.3 is 5.73 Å². The first kappa shape index (κ1) is 16.4. The summed E-state index contributed by atoms with van der Waals surface area (Å²) in [5.74, 6) is 0.826. The largest absolute Gasteiger partial charge is 0.399 e. The Morgan fingerprint density at radius 1 is 0.929 bits per heavy atom. The number of fused-ring (bicyclic) bond motifs is 2. The molecule has 136 valence electrons. The number of benzene rings is 2. The molecule has 0 aliphatic rings. The average Bonchev–Trinajstić information content (AvgIpc) is 3.16. The van der Waals surface area contributed by atoms with Gasteiger partial charge in [-0.1, -0.05) is 31.2 Å². The van der Waals surface area contributed by atoms with E-state index in [0.717, 1.165) is 39.2 Å². The monoisotopic (exact) mass is 366 g/mol. The smallest absolute Gasteiger partial charge is 0.177 e. The summed E-state index contributed by atoms with van der Waals surface area (Å²) in [6.45, 7) is 2.11. The Morgan fingerprint density at radius 3 is 2.75 bits per heavy atom. The molecule has 0 amide bonds. The molecule has 0 bridgehead atoms. The van der Waals surface area contributed by atoms with E-state index in [1.165, 1.54) is 0 Å². The predicted octanol–water partition coefficient (Wildman–Crippen LogP) is 4.07. The molecule has 2 aromatic carbocycles. The van der Waals surface area contributed by atoms with Crippen molar-refractivity contribution in [2.24, 2.45) is 0 Å². The normalized spacial score (nSPS) is 12.5. The number of nitrogen functional groups attached to an aromatic ring is 1. The quantitative estimate of drug-likeness (QED) is 0.487. The fraction of sp³-hybridized carbons (Fsp3) is 0.0909. The van der Waals surface area contributed by atoms with Crippen LogP contribution < -0.4 is 5.73 Å². The van der Waals surface area contributed by atoms with Gasteiger partial charge in [0, 0.05) is 28.8 Å². The van der Waals surface area contributed by atoms with Gasteiger partial charge >= 0.3 is 0 Å². The Bertz CT molecular complexity index is 1310. The van der Waals surface area contributed by atoms with Crippen molar-refractivity contribution in [3.05, 3.63) is 84.3 Å². The summed E-state index contributed by atoms with van der Waals surface area (Å²) in [7, 11) is 0. The van der Waals surface area contributed by atoms with Crippen molar-refractivity contribution < 1.29 is 0 Å². The van der Waals surface area contributed by atoms with Gasteiger partial charge in [-0.15, -0.1) is 10.2 Å². The first-order valence-corrected chi connectivity index (χ1v) is 9.12. The van der Waals surface area contributed by atoms with Crippen molar-refractivity contribution in [1.82, 2.24) is 24.8 Å². The maximum Gasteiger partial charge on any atom is 0.177 e. The number of aromatic nitrogens is 5. The highest BCUT2D eigenvalue weighted by atomic mass is 15.4. The first-order valence-electron chi connectivity index (χ1n) is 9.12. The standard InChI is InChI=1S/C22H18N6/c1-14(15-7-8-19-16(12-15)5-3-11-24-19)22-26-25-21-10-9-20(27-28(21)22)17-4-2-6-18(23)13-17/h2-14H,23H2,1H3. The van der Waals surface area contributed by atoms with Crippen LogP contribution >= 0.6 is 0 Å². The highest BCUT2D eigenvalue weighted by Crippen LogP contribution is 2.26. The summed E-state index contributed by atoms with van der Waals surface area (Å²) in [6, 6.07) is 21.9. The highest BCUT2D eigenvalue weighted by molar-refractivity contribution is 5.79. The van der Waals surface area contributed by atoms with E-state index < -0.39 is 0 Å². The molecule has 0 saturated heterocycles. The van der Waals surface area contributed by atoms with E-state index in [1.807, 2.05) is 53.0 Å². The van der Waals surface area contributed by atoms with Gasteiger partial charge in [-0.25, -0.2) is 0 Å². The molecule has 28 heavy (non-hydrogen) atoms. The second-order valence-electron chi connectivity index (χ2n) is 6.85. The zero-order valence-electron chi connectivity index (χ0n) is 15.3. The van der Waals surface area contributed by atoms with Gasteiger partial charge in [-0.05, 0) is 48.0 Å². The van der Waals surface area contributed by atoms with E-state index in [-0.39, 0.29) is 5.92 Å². The summed E-state index contributed by atoms with van der Waals surface area (Å²) in [6.07, 6.45) is 1.80. The SMILES string of the molecule is CC(c1ccc2ncccc2c1)c1nnc2ccc(-c3cccc(N)c3)nn12. The van der Waals surface area contributed by atoms with Crippen molar-refractivity contribution in [1.29, 1.82) is 0 Å². The van der Waals surface area contributed by atoms with Crippen molar-refractivity contribution in [3.8, 4) is 11.3 Å². The van der Waals surface area contributed by atoms with Crippen molar-refractivity contribution in [2.75, 3.05) is 5.73 Å². The van der Waals surface area contributed by atoms with Crippen LogP contribution in [0.2, 0.25) is 0 Å². The zero-order chi connectivity index (χ0) is 19.1. The lowest BCUT2D eigenvalue weighted by Crippen LogP contribution is -2.06. The molecule has 0 aliphatic carbocycles. The number of nitrogens with two attached hydrogens (primary N) is 1. The molecule has 6 heteroatoms. The third-order valence-electron chi connectivity index (χ3n) is 4.98. The van der Waals surface area contributed by atoms with Crippen LogP contribution in [0.1, 0.15) is 24.2 Å². The average molecular weight is 366 g/mol. The van der Waals surface area contributed by atoms with Crippen LogP contribution in [0.25, 0.3) is 27.8 Å². The molecule has 0 spiro atoms. The molecular formula is C22H18N6. The van der Waals surface area contributed by atoms with E-state index in [1.54, 1.807) is 6.20 Å². The van der Waals surface area contributed by atoms with Crippen LogP contribution in [0.4, 0.5) is 5.69 Å². The lowest BCUT2D eigenvalue weighted by molar-refractivity contribution is 0.753. The molecule has 0 fully saturated rings. The minimum absolute atomic E-state index is 0.0307. The molecule has 0 saturated carbocycles. The molecule has 2 N–H and O–H groups in total. The number of hydrogen-bond acceptors (Lipinski definition) is 5. The Labute approximate surface area is 161 Å². The van der Waals surface area contributed by atoms with Crippen LogP contribution in [0.15, 0.2) is 72.9 Å². The molecule has 6 nitrogen and oxygen atoms in total. The number of nitrogens with zero attached hydrogens (tertiary/aromatic N) is 5. The molecule has 5 rings (SSSR count). The van der Waals surface area contributed by atoms with E-state index in [2.05, 4.69) is 40.3 Å². The predicted molar refractivity (Wildman–Crippen MR) is 110 cm³/mol. The lowest BCUT2D eigenvalue weighted by Gasteiger charge is -2.11. The Morgan fingerprint density at radius 2 is 1.86 bits per heavy atom. The van der Waals surface area contributed by atoms with Crippen molar-refractivity contribution in [2.45, 2.75) is 12.8 Å². The zero-order valence-corrected chi connectivity index (χ0v) is 15.3. The summed E-state index contributed by atoms with van der Waals surface area (Å²) >= 11 is 0. The molecule has 0 radical (unpaired) electrons. The lowest BCUT2D eigenvalue weighted by atomic mass is 9.98. The molecule has 3 heterocycles. The first-order chi connectivity index (χ1) is 13.7. The number of anilines is 1. The Kier molecular flexibility index (Phi) is 3.76. The van der Waals surface area contributed by atoms with Crippen LogP contribution in [-0.2, 0) is 0 Å². The van der Waals surface area contributed by atoms with Gasteiger partial charge in [0.2, 0.25) is 0 Å². The number of pyridine rings is 1. The number of hydrogen-bond donors (Lipinski definition) is 1. The topological polar surface area (TPSA) is 82.0 Å². The maximum absolute atomic E-state index is 5.92. The Hall–Kier alpha value is -3.80.